The zero-order chi connectivity index (χ0) is 20.4. The highest BCUT2D eigenvalue weighted by atomic mass is 16.5. The lowest BCUT2D eigenvalue weighted by atomic mass is 9.78. The lowest BCUT2D eigenvalue weighted by Gasteiger charge is -2.29. The highest BCUT2D eigenvalue weighted by Gasteiger charge is 2.42. The molecule has 0 saturated carbocycles. The molecule has 2 aromatic carbocycles. The van der Waals surface area contributed by atoms with Gasteiger partial charge in [0.2, 0.25) is 0 Å². The maximum absolute atomic E-state index is 12.9. The molecule has 5 heteroatoms. The van der Waals surface area contributed by atoms with Crippen LogP contribution < -0.4 is 5.32 Å². The molecule has 1 unspecified atom stereocenters. The summed E-state index contributed by atoms with van der Waals surface area (Å²) >= 11 is 0. The van der Waals surface area contributed by atoms with Crippen molar-refractivity contribution < 1.29 is 19.1 Å². The molecule has 0 aliphatic carbocycles. The molecule has 2 aromatic rings. The van der Waals surface area contributed by atoms with Gasteiger partial charge in [0.25, 0.3) is 0 Å². The highest BCUT2D eigenvalue weighted by molar-refractivity contribution is 6.01. The lowest BCUT2D eigenvalue weighted by Crippen LogP contribution is -2.30. The standard InChI is InChI=1S/C24H23NO4/c1-3-28-23(26)20-15(2)25-19-14-29-24(27)22(19)21(20)18-12-8-7-11-17(18)13-16-9-5-4-6-10-16/h4-12,21,25H,3,13-14H2,1-2H3. The molecule has 0 bridgehead atoms. The van der Waals surface area contributed by atoms with E-state index in [1.807, 2.05) is 49.4 Å². The fourth-order valence-electron chi connectivity index (χ4n) is 4.05. The number of ether oxygens (including phenoxy) is 2. The van der Waals surface area contributed by atoms with Gasteiger partial charge in [-0.1, -0.05) is 54.6 Å². The third kappa shape index (κ3) is 3.56. The van der Waals surface area contributed by atoms with Crippen LogP contribution in [0.3, 0.4) is 0 Å². The van der Waals surface area contributed by atoms with Crippen molar-refractivity contribution in [2.24, 2.45) is 0 Å². The second-order valence-corrected chi connectivity index (χ2v) is 7.15. The second kappa shape index (κ2) is 7.95. The van der Waals surface area contributed by atoms with Crippen LogP contribution in [0.15, 0.2) is 77.1 Å². The number of hydrogen-bond acceptors (Lipinski definition) is 5. The van der Waals surface area contributed by atoms with Gasteiger partial charge in [-0.25, -0.2) is 9.59 Å². The van der Waals surface area contributed by atoms with Gasteiger partial charge in [-0.2, -0.15) is 0 Å². The molecular formula is C24H23NO4. The first-order chi connectivity index (χ1) is 14.1. The monoisotopic (exact) mass is 389 g/mol. The van der Waals surface area contributed by atoms with Crippen molar-refractivity contribution in [3.05, 3.63) is 93.8 Å². The number of carbonyl (C=O) groups excluding carboxylic acids is 2. The van der Waals surface area contributed by atoms with Crippen LogP contribution in [0.1, 0.15) is 36.5 Å². The minimum atomic E-state index is -0.514. The summed E-state index contributed by atoms with van der Waals surface area (Å²) < 4.78 is 10.6. The van der Waals surface area contributed by atoms with Gasteiger partial charge in [0.15, 0.2) is 0 Å². The topological polar surface area (TPSA) is 64.6 Å². The third-order valence-corrected chi connectivity index (χ3v) is 5.31. The number of nitrogens with one attached hydrogen (secondary N) is 1. The van der Waals surface area contributed by atoms with Crippen molar-refractivity contribution >= 4 is 11.9 Å². The van der Waals surface area contributed by atoms with Gasteiger partial charge in [-0.3, -0.25) is 0 Å². The molecule has 0 fully saturated rings. The Morgan fingerprint density at radius 2 is 1.86 bits per heavy atom. The number of esters is 2. The van der Waals surface area contributed by atoms with E-state index in [4.69, 9.17) is 9.47 Å². The first-order valence-electron chi connectivity index (χ1n) is 9.77. The van der Waals surface area contributed by atoms with E-state index in [0.717, 1.165) is 22.4 Å². The van der Waals surface area contributed by atoms with Crippen molar-refractivity contribution in [2.45, 2.75) is 26.2 Å². The normalized spacial score (nSPS) is 18.3. The zero-order valence-corrected chi connectivity index (χ0v) is 16.5. The Hall–Kier alpha value is -3.34. The van der Waals surface area contributed by atoms with Gasteiger partial charge in [0, 0.05) is 5.70 Å². The molecule has 4 rings (SSSR count). The van der Waals surface area contributed by atoms with Crippen LogP contribution in [0.4, 0.5) is 0 Å². The van der Waals surface area contributed by atoms with E-state index in [-0.39, 0.29) is 19.2 Å². The number of cyclic esters (lactones) is 1. The molecule has 0 saturated heterocycles. The van der Waals surface area contributed by atoms with E-state index in [2.05, 4.69) is 17.4 Å². The molecule has 2 aliphatic rings. The van der Waals surface area contributed by atoms with Crippen LogP contribution in [-0.4, -0.2) is 25.2 Å². The fraction of sp³-hybridized carbons (Fsp3) is 0.250. The Kier molecular flexibility index (Phi) is 5.21. The number of benzene rings is 2. The summed E-state index contributed by atoms with van der Waals surface area (Å²) in [5.41, 5.74) is 5.53. The van der Waals surface area contributed by atoms with E-state index >= 15 is 0 Å². The smallest absolute Gasteiger partial charge is 0.337 e. The van der Waals surface area contributed by atoms with Gasteiger partial charge >= 0.3 is 11.9 Å². The molecule has 0 aromatic heterocycles. The Bertz CT molecular complexity index is 1020. The maximum atomic E-state index is 12.9. The summed E-state index contributed by atoms with van der Waals surface area (Å²) in [5.74, 6) is -1.32. The zero-order valence-electron chi connectivity index (χ0n) is 16.5. The van der Waals surface area contributed by atoms with Crippen LogP contribution >= 0.6 is 0 Å². The number of hydrogen-bond donors (Lipinski definition) is 1. The highest BCUT2D eigenvalue weighted by Crippen LogP contribution is 2.42. The predicted molar refractivity (Wildman–Crippen MR) is 109 cm³/mol. The first-order valence-corrected chi connectivity index (χ1v) is 9.77. The molecule has 29 heavy (non-hydrogen) atoms. The van der Waals surface area contributed by atoms with Crippen LogP contribution in [0, 0.1) is 0 Å². The van der Waals surface area contributed by atoms with Gasteiger partial charge < -0.3 is 14.8 Å². The SMILES string of the molecule is CCOC(=O)C1=C(C)NC2=C(C(=O)OC2)C1c1ccccc1Cc1ccccc1. The van der Waals surface area contributed by atoms with Crippen LogP contribution in [-0.2, 0) is 25.5 Å². The van der Waals surface area contributed by atoms with Crippen LogP contribution in [0.25, 0.3) is 0 Å². The summed E-state index contributed by atoms with van der Waals surface area (Å²) in [7, 11) is 0. The number of carbonyl (C=O) groups is 2. The molecule has 2 aliphatic heterocycles. The quantitative estimate of drug-likeness (QED) is 0.792. The summed E-state index contributed by atoms with van der Waals surface area (Å²) in [6.45, 7) is 4.08. The Labute approximate surface area is 170 Å². The van der Waals surface area contributed by atoms with Gasteiger partial charge in [-0.15, -0.1) is 0 Å². The van der Waals surface area contributed by atoms with Gasteiger partial charge in [-0.05, 0) is 37.0 Å². The molecule has 0 amide bonds. The largest absolute Gasteiger partial charge is 0.463 e. The van der Waals surface area contributed by atoms with Crippen LogP contribution in [0.5, 0.6) is 0 Å². The lowest BCUT2D eigenvalue weighted by molar-refractivity contribution is -0.138. The minimum absolute atomic E-state index is 0.193. The van der Waals surface area contributed by atoms with Gasteiger partial charge in [0.1, 0.15) is 6.61 Å². The average Bonchev–Trinajstić information content (AvgIpc) is 3.08. The number of dihydropyridines is 1. The molecular weight excluding hydrogens is 366 g/mol. The number of rotatable bonds is 5. The second-order valence-electron chi connectivity index (χ2n) is 7.15. The maximum Gasteiger partial charge on any atom is 0.337 e. The Balaban J connectivity index is 1.84. The number of allylic oxidation sites excluding steroid dienone is 1. The van der Waals surface area contributed by atoms with Gasteiger partial charge in [0.05, 0.1) is 29.4 Å². The van der Waals surface area contributed by atoms with Crippen molar-refractivity contribution in [3.63, 3.8) is 0 Å². The fourth-order valence-corrected chi connectivity index (χ4v) is 4.05. The van der Waals surface area contributed by atoms with E-state index < -0.39 is 11.9 Å². The Morgan fingerprint density at radius 3 is 2.62 bits per heavy atom. The van der Waals surface area contributed by atoms with Crippen LogP contribution in [0.2, 0.25) is 0 Å². The molecule has 2 heterocycles. The van der Waals surface area contributed by atoms with Crippen molar-refractivity contribution in [2.75, 3.05) is 13.2 Å². The molecule has 5 nitrogen and oxygen atoms in total. The average molecular weight is 389 g/mol. The van der Waals surface area contributed by atoms with E-state index in [1.165, 1.54) is 0 Å². The summed E-state index contributed by atoms with van der Waals surface area (Å²) in [6.07, 6.45) is 0.702. The third-order valence-electron chi connectivity index (χ3n) is 5.31. The molecule has 0 spiro atoms. The molecule has 1 atom stereocenters. The van der Waals surface area contributed by atoms with E-state index in [9.17, 15) is 9.59 Å². The summed E-state index contributed by atoms with van der Waals surface area (Å²) in [5, 5.41) is 3.18. The summed E-state index contributed by atoms with van der Waals surface area (Å²) in [4.78, 5) is 25.5. The van der Waals surface area contributed by atoms with E-state index in [0.29, 0.717) is 23.3 Å². The Morgan fingerprint density at radius 1 is 1.14 bits per heavy atom. The van der Waals surface area contributed by atoms with Crippen molar-refractivity contribution in [3.8, 4) is 0 Å². The molecule has 1 N–H and O–H groups in total. The molecule has 0 radical (unpaired) electrons. The summed E-state index contributed by atoms with van der Waals surface area (Å²) in [6, 6.07) is 18.1. The van der Waals surface area contributed by atoms with Crippen molar-refractivity contribution in [1.29, 1.82) is 0 Å². The predicted octanol–water partition coefficient (Wildman–Crippen LogP) is 3.61. The van der Waals surface area contributed by atoms with E-state index in [1.54, 1.807) is 6.92 Å². The first kappa shape index (κ1) is 19.0. The minimum Gasteiger partial charge on any atom is -0.463 e. The molecule has 148 valence electrons. The van der Waals surface area contributed by atoms with Crippen molar-refractivity contribution in [1.82, 2.24) is 5.32 Å².